The molecular weight excluding hydrogens is 851 g/mol. The molecule has 0 unspecified atom stereocenters. The summed E-state index contributed by atoms with van der Waals surface area (Å²) in [5.74, 6) is -7.34. The Morgan fingerprint density at radius 3 is 2.22 bits per heavy atom. The smallest absolute Gasteiger partial charge is 0.458 e. The molecule has 9 atom stereocenters. The monoisotopic (exact) mass is 903 g/mol. The summed E-state index contributed by atoms with van der Waals surface area (Å²) in [7, 11) is -5.20. The van der Waals surface area contributed by atoms with Crippen LogP contribution in [0.1, 0.15) is 64.0 Å². The second kappa shape index (κ2) is 19.5. The van der Waals surface area contributed by atoms with Gasteiger partial charge in [0.05, 0.1) is 6.10 Å². The van der Waals surface area contributed by atoms with Crippen molar-refractivity contribution >= 4 is 55.0 Å². The van der Waals surface area contributed by atoms with E-state index >= 15 is 0 Å². The number of phosphoric ester groups is 1. The number of rotatable bonds is 8. The van der Waals surface area contributed by atoms with Crippen LogP contribution in [0, 0.1) is 24.5 Å². The van der Waals surface area contributed by atoms with Gasteiger partial charge in [-0.3, -0.25) is 28.5 Å². The first-order valence-electron chi connectivity index (χ1n) is 20.7. The number of anilines is 1. The fourth-order valence-corrected chi connectivity index (χ4v) is 9.16. The van der Waals surface area contributed by atoms with Gasteiger partial charge in [0.15, 0.2) is 0 Å². The number of urea groups is 1. The molecule has 0 saturated carbocycles. The van der Waals surface area contributed by atoms with Gasteiger partial charge in [0.1, 0.15) is 54.0 Å². The van der Waals surface area contributed by atoms with Crippen LogP contribution in [0.4, 0.5) is 19.3 Å². The summed E-state index contributed by atoms with van der Waals surface area (Å²) >= 11 is 0. The van der Waals surface area contributed by atoms with Gasteiger partial charge < -0.3 is 50.5 Å². The molecule has 0 spiro atoms. The van der Waals surface area contributed by atoms with Crippen LogP contribution in [0.3, 0.4) is 0 Å². The lowest BCUT2D eigenvalue weighted by Gasteiger charge is -2.39. The summed E-state index contributed by atoms with van der Waals surface area (Å²) in [6.45, 7) is 5.92. The lowest BCUT2D eigenvalue weighted by Crippen LogP contribution is -2.63. The maximum Gasteiger partial charge on any atom is 0.469 e. The first-order valence-corrected chi connectivity index (χ1v) is 22.3. The average Bonchev–Trinajstić information content (AvgIpc) is 3.81. The summed E-state index contributed by atoms with van der Waals surface area (Å²) in [5.41, 5.74) is 1.15. The Kier molecular flexibility index (Phi) is 14.5. The summed E-state index contributed by atoms with van der Waals surface area (Å²) in [6, 6.07) is -0.303. The zero-order valence-electron chi connectivity index (χ0n) is 35.1. The number of cyclic esters (lactones) is 1. The number of amides is 7. The Morgan fingerprint density at radius 1 is 0.889 bits per heavy atom. The molecule has 4 heterocycles. The van der Waals surface area contributed by atoms with Crippen molar-refractivity contribution in [3.63, 3.8) is 0 Å². The minimum Gasteiger partial charge on any atom is -0.458 e. The summed E-state index contributed by atoms with van der Waals surface area (Å²) in [6.07, 6.45) is -2.64. The Hall–Kier alpha value is -5.50. The molecule has 4 aliphatic rings. The van der Waals surface area contributed by atoms with E-state index in [2.05, 4.69) is 21.3 Å². The molecule has 2 aromatic carbocycles. The van der Waals surface area contributed by atoms with E-state index in [-0.39, 0.29) is 37.4 Å². The molecule has 63 heavy (non-hydrogen) atoms. The van der Waals surface area contributed by atoms with Crippen molar-refractivity contribution in [1.82, 2.24) is 30.7 Å². The number of benzene rings is 2. The number of fused-ring (bicyclic) bond motifs is 3. The van der Waals surface area contributed by atoms with E-state index in [0.29, 0.717) is 24.6 Å². The summed E-state index contributed by atoms with van der Waals surface area (Å²) < 4.78 is 51.6. The van der Waals surface area contributed by atoms with Gasteiger partial charge in [-0.15, -0.1) is 0 Å². The number of piperidine rings is 1. The van der Waals surface area contributed by atoms with Crippen LogP contribution >= 0.6 is 7.82 Å². The lowest BCUT2D eigenvalue weighted by molar-refractivity contribution is -0.163. The largest absolute Gasteiger partial charge is 0.469 e. The maximum absolute atomic E-state index is 14.9. The van der Waals surface area contributed by atoms with Crippen LogP contribution in [0.25, 0.3) is 0 Å². The molecule has 2 aromatic rings. The first-order chi connectivity index (χ1) is 29.7. The highest BCUT2D eigenvalue weighted by molar-refractivity contribution is 7.46. The number of carbonyl (C=O) groups excluding carboxylic acids is 7. The number of hydrogen-bond donors (Lipinski definition) is 6. The molecule has 4 aliphatic heterocycles. The Bertz CT molecular complexity index is 2140. The Balaban J connectivity index is 1.39. The highest BCUT2D eigenvalue weighted by Crippen LogP contribution is 2.41. The third-order valence-electron chi connectivity index (χ3n) is 11.6. The standard InChI is InChI=1S/C41H52F2N7O12P/c1-21-8-10-28(11-9-21)45-41(57)46-30(16-25-14-26(42)17-27(43)15-25)35(51)47-34-24(4)61-40(56)33-13-22(2)19-49(33)37(53)23(3)44-36(52)31-7-5-6-12-48(31)38(54)32-18-29(62-63(58,59)60)20-50(32)39(34)55/h8-11,14-15,17,22-24,29-34H,5-7,12-13,16,18-20H2,1-4H3,(H,44,52)(H,47,51)(H2,45,46,57)(H2,58,59,60)/t22-,23+,24+,29-,30+,31+,32+,33+,34+/m1/s1. The molecule has 0 bridgehead atoms. The fourth-order valence-electron chi connectivity index (χ4n) is 8.62. The number of halogens is 2. The molecule has 22 heteroatoms. The summed E-state index contributed by atoms with van der Waals surface area (Å²) in [5, 5.41) is 10.2. The SMILES string of the molecule is Cc1ccc(NC(=O)N[C@@H](Cc2cc(F)cc(F)c2)C(=O)N[C@@H]2C(=O)N3C[C@H](OP(=O)(O)O)C[C@H]3C(=O)N3CCCC[C@H]3C(=O)N[C@@H](C)C(=O)N3C[C@H](C)C[C@H]3C(=O)O[C@H]2C)cc1. The first kappa shape index (κ1) is 47.0. The molecular formula is C41H52F2N7O12P. The van der Waals surface area contributed by atoms with Gasteiger partial charge in [-0.05, 0) is 82.2 Å². The van der Waals surface area contributed by atoms with Crippen molar-refractivity contribution in [2.24, 2.45) is 5.92 Å². The topological polar surface area (TPSA) is 253 Å². The van der Waals surface area contributed by atoms with Crippen LogP contribution in [-0.4, -0.2) is 134 Å². The van der Waals surface area contributed by atoms with Gasteiger partial charge in [-0.1, -0.05) is 24.6 Å². The normalized spacial score (nSPS) is 27.7. The summed E-state index contributed by atoms with van der Waals surface area (Å²) in [4.78, 5) is 122. The predicted molar refractivity (Wildman–Crippen MR) is 218 cm³/mol. The van der Waals surface area contributed by atoms with Crippen LogP contribution in [0.15, 0.2) is 42.5 Å². The van der Waals surface area contributed by atoms with E-state index < -0.39 is 129 Å². The molecule has 342 valence electrons. The number of hydrogen-bond acceptors (Lipinski definition) is 10. The van der Waals surface area contributed by atoms with Crippen LogP contribution in [0.2, 0.25) is 0 Å². The van der Waals surface area contributed by atoms with Gasteiger partial charge in [-0.2, -0.15) is 0 Å². The third-order valence-corrected chi connectivity index (χ3v) is 12.2. The van der Waals surface area contributed by atoms with E-state index in [9.17, 15) is 56.7 Å². The molecule has 19 nitrogen and oxygen atoms in total. The minimum atomic E-state index is -5.20. The molecule has 6 rings (SSSR count). The van der Waals surface area contributed by atoms with Crippen molar-refractivity contribution in [3.05, 3.63) is 65.2 Å². The molecule has 0 radical (unpaired) electrons. The molecule has 4 saturated heterocycles. The zero-order valence-corrected chi connectivity index (χ0v) is 36.0. The number of aryl methyl sites for hydroxylation is 1. The van der Waals surface area contributed by atoms with Crippen molar-refractivity contribution in [2.75, 3.05) is 25.0 Å². The molecule has 7 amide bonds. The van der Waals surface area contributed by atoms with Crippen molar-refractivity contribution in [1.29, 1.82) is 0 Å². The predicted octanol–water partition coefficient (Wildman–Crippen LogP) is 1.64. The highest BCUT2D eigenvalue weighted by atomic mass is 31.2. The Labute approximate surface area is 361 Å². The minimum absolute atomic E-state index is 0.0559. The van der Waals surface area contributed by atoms with Crippen LogP contribution in [0.5, 0.6) is 0 Å². The van der Waals surface area contributed by atoms with E-state index in [1.165, 1.54) is 23.6 Å². The van der Waals surface area contributed by atoms with Crippen LogP contribution in [-0.2, 0) is 49.0 Å². The van der Waals surface area contributed by atoms with Gasteiger partial charge >= 0.3 is 19.8 Å². The number of phosphoric acid groups is 1. The van der Waals surface area contributed by atoms with E-state index in [0.717, 1.165) is 22.6 Å². The second-order valence-electron chi connectivity index (χ2n) is 16.7. The maximum atomic E-state index is 14.9. The average molecular weight is 904 g/mol. The van der Waals surface area contributed by atoms with Crippen molar-refractivity contribution in [3.8, 4) is 0 Å². The van der Waals surface area contributed by atoms with Gasteiger partial charge in [0.2, 0.25) is 29.5 Å². The molecule has 4 fully saturated rings. The van der Waals surface area contributed by atoms with Gasteiger partial charge in [0, 0.05) is 44.2 Å². The van der Waals surface area contributed by atoms with E-state index in [1.807, 2.05) is 6.92 Å². The van der Waals surface area contributed by atoms with Crippen molar-refractivity contribution in [2.45, 2.75) is 115 Å². The van der Waals surface area contributed by atoms with E-state index in [1.54, 1.807) is 31.2 Å². The quantitative estimate of drug-likeness (QED) is 0.163. The van der Waals surface area contributed by atoms with Gasteiger partial charge in [-0.25, -0.2) is 22.9 Å². The second-order valence-corrected chi connectivity index (χ2v) is 17.9. The highest BCUT2D eigenvalue weighted by Gasteiger charge is 2.50. The number of esters is 1. The molecule has 0 aromatic heterocycles. The zero-order chi connectivity index (χ0) is 45.9. The molecule has 6 N–H and O–H groups in total. The fraction of sp³-hybridized carbons (Fsp3) is 0.537. The van der Waals surface area contributed by atoms with Crippen molar-refractivity contribution < 1.29 is 66.0 Å². The van der Waals surface area contributed by atoms with Gasteiger partial charge in [0.25, 0.3) is 0 Å². The number of nitrogens with one attached hydrogen (secondary N) is 4. The number of ether oxygens (including phenoxy) is 1. The Morgan fingerprint density at radius 2 is 1.56 bits per heavy atom. The van der Waals surface area contributed by atoms with E-state index in [4.69, 9.17) is 9.26 Å². The van der Waals surface area contributed by atoms with Crippen LogP contribution < -0.4 is 21.3 Å². The number of carbonyl (C=O) groups is 7. The third kappa shape index (κ3) is 11.6. The lowest BCUT2D eigenvalue weighted by atomic mass is 9.98. The molecule has 0 aliphatic carbocycles. The number of nitrogens with zero attached hydrogens (tertiary/aromatic N) is 3.